The highest BCUT2D eigenvalue weighted by Crippen LogP contribution is 2.24. The van der Waals surface area contributed by atoms with Crippen LogP contribution in [0.2, 0.25) is 0 Å². The highest BCUT2D eigenvalue weighted by Gasteiger charge is 2.06. The summed E-state index contributed by atoms with van der Waals surface area (Å²) in [7, 11) is 0. The SMILES string of the molecule is C[C@@H](O)c1ccc(-c2ccc(CNCc3ccncc3)o2)cc1. The van der Waals surface area contributed by atoms with Crippen LogP contribution >= 0.6 is 0 Å². The lowest BCUT2D eigenvalue weighted by molar-refractivity contribution is 0.199. The van der Waals surface area contributed by atoms with Gasteiger partial charge in [0, 0.05) is 24.5 Å². The van der Waals surface area contributed by atoms with Crippen LogP contribution < -0.4 is 5.32 Å². The molecule has 1 atom stereocenters. The molecule has 0 spiro atoms. The first kappa shape index (κ1) is 15.5. The minimum Gasteiger partial charge on any atom is -0.460 e. The summed E-state index contributed by atoms with van der Waals surface area (Å²) in [6.45, 7) is 3.21. The maximum Gasteiger partial charge on any atom is 0.134 e. The van der Waals surface area contributed by atoms with E-state index in [1.165, 1.54) is 5.56 Å². The molecular formula is C19H20N2O2. The summed E-state index contributed by atoms with van der Waals surface area (Å²) < 4.78 is 5.87. The molecule has 2 heterocycles. The Morgan fingerprint density at radius 1 is 1.00 bits per heavy atom. The first-order valence-electron chi connectivity index (χ1n) is 7.69. The number of nitrogens with one attached hydrogen (secondary N) is 1. The quantitative estimate of drug-likeness (QED) is 0.729. The molecule has 0 aliphatic carbocycles. The van der Waals surface area contributed by atoms with Gasteiger partial charge in [0.15, 0.2) is 0 Å². The number of benzene rings is 1. The van der Waals surface area contributed by atoms with Crippen molar-refractivity contribution in [2.75, 3.05) is 0 Å². The van der Waals surface area contributed by atoms with Crippen molar-refractivity contribution in [1.82, 2.24) is 10.3 Å². The van der Waals surface area contributed by atoms with E-state index in [2.05, 4.69) is 10.3 Å². The Morgan fingerprint density at radius 2 is 1.74 bits per heavy atom. The topological polar surface area (TPSA) is 58.3 Å². The maximum atomic E-state index is 9.54. The largest absolute Gasteiger partial charge is 0.460 e. The summed E-state index contributed by atoms with van der Waals surface area (Å²) >= 11 is 0. The second-order valence-corrected chi connectivity index (χ2v) is 5.52. The molecule has 3 rings (SSSR count). The molecule has 23 heavy (non-hydrogen) atoms. The first-order chi connectivity index (χ1) is 11.2. The molecule has 0 aliphatic rings. The van der Waals surface area contributed by atoms with Crippen LogP contribution in [0.15, 0.2) is 65.3 Å². The summed E-state index contributed by atoms with van der Waals surface area (Å²) in [4.78, 5) is 4.00. The standard InChI is InChI=1S/C19H20N2O2/c1-14(22)16-2-4-17(5-3-16)19-7-6-18(23-19)13-21-12-15-8-10-20-11-9-15/h2-11,14,21-22H,12-13H2,1H3/t14-/m1/s1. The third-order valence-electron chi connectivity index (χ3n) is 3.72. The number of aliphatic hydroxyl groups is 1. The highest BCUT2D eigenvalue weighted by molar-refractivity contribution is 5.58. The van der Waals surface area contributed by atoms with Crippen molar-refractivity contribution in [3.05, 3.63) is 77.8 Å². The van der Waals surface area contributed by atoms with Crippen LogP contribution in [0.5, 0.6) is 0 Å². The molecule has 0 saturated carbocycles. The average molecular weight is 308 g/mol. The van der Waals surface area contributed by atoms with Crippen LogP contribution in [0.1, 0.15) is 29.9 Å². The van der Waals surface area contributed by atoms with Gasteiger partial charge in [0.1, 0.15) is 11.5 Å². The number of nitrogens with zero attached hydrogens (tertiary/aromatic N) is 1. The zero-order chi connectivity index (χ0) is 16.1. The minimum absolute atomic E-state index is 0.450. The van der Waals surface area contributed by atoms with Crippen LogP contribution in [0.4, 0.5) is 0 Å². The molecule has 0 fully saturated rings. The molecule has 118 valence electrons. The molecule has 4 nitrogen and oxygen atoms in total. The van der Waals surface area contributed by atoms with Gasteiger partial charge in [-0.1, -0.05) is 24.3 Å². The van der Waals surface area contributed by atoms with Gasteiger partial charge in [-0.2, -0.15) is 0 Å². The van der Waals surface area contributed by atoms with Crippen molar-refractivity contribution in [3.63, 3.8) is 0 Å². The molecule has 4 heteroatoms. The second kappa shape index (κ2) is 7.22. The van der Waals surface area contributed by atoms with Gasteiger partial charge in [-0.3, -0.25) is 4.98 Å². The van der Waals surface area contributed by atoms with E-state index in [9.17, 15) is 5.11 Å². The van der Waals surface area contributed by atoms with Gasteiger partial charge in [-0.25, -0.2) is 0 Å². The maximum absolute atomic E-state index is 9.54. The highest BCUT2D eigenvalue weighted by atomic mass is 16.3. The third-order valence-corrected chi connectivity index (χ3v) is 3.72. The van der Waals surface area contributed by atoms with E-state index < -0.39 is 6.10 Å². The van der Waals surface area contributed by atoms with E-state index in [0.717, 1.165) is 29.2 Å². The summed E-state index contributed by atoms with van der Waals surface area (Å²) in [6.07, 6.45) is 3.13. The molecule has 0 saturated heterocycles. The van der Waals surface area contributed by atoms with Crippen LogP contribution in [0.3, 0.4) is 0 Å². The summed E-state index contributed by atoms with van der Waals surface area (Å²) in [5, 5.41) is 12.9. The lowest BCUT2D eigenvalue weighted by Gasteiger charge is -2.05. The molecule has 0 amide bonds. The zero-order valence-corrected chi connectivity index (χ0v) is 13.1. The number of hydrogen-bond acceptors (Lipinski definition) is 4. The Bertz CT molecular complexity index is 734. The molecule has 0 radical (unpaired) electrons. The molecule has 0 bridgehead atoms. The number of hydrogen-bond donors (Lipinski definition) is 2. The van der Waals surface area contributed by atoms with Crippen LogP contribution in [0.25, 0.3) is 11.3 Å². The molecule has 3 aromatic rings. The number of aromatic nitrogens is 1. The van der Waals surface area contributed by atoms with Crippen molar-refractivity contribution >= 4 is 0 Å². The van der Waals surface area contributed by atoms with Gasteiger partial charge in [0.05, 0.1) is 12.6 Å². The normalized spacial score (nSPS) is 12.3. The Labute approximate surface area is 135 Å². The predicted octanol–water partition coefficient (Wildman–Crippen LogP) is 3.68. The molecule has 2 N–H and O–H groups in total. The zero-order valence-electron chi connectivity index (χ0n) is 13.1. The average Bonchev–Trinajstić information content (AvgIpc) is 3.05. The van der Waals surface area contributed by atoms with E-state index in [1.54, 1.807) is 19.3 Å². The molecule has 0 aliphatic heterocycles. The van der Waals surface area contributed by atoms with Gasteiger partial charge >= 0.3 is 0 Å². The van der Waals surface area contributed by atoms with Gasteiger partial charge in [-0.15, -0.1) is 0 Å². The lowest BCUT2D eigenvalue weighted by atomic mass is 10.1. The minimum atomic E-state index is -0.450. The van der Waals surface area contributed by atoms with Crippen LogP contribution in [-0.2, 0) is 13.1 Å². The smallest absolute Gasteiger partial charge is 0.134 e. The molecule has 1 aromatic carbocycles. The Balaban J connectivity index is 1.59. The Hall–Kier alpha value is -2.43. The molecular weight excluding hydrogens is 288 g/mol. The number of pyridine rings is 1. The Morgan fingerprint density at radius 3 is 2.43 bits per heavy atom. The van der Waals surface area contributed by atoms with Crippen molar-refractivity contribution in [3.8, 4) is 11.3 Å². The van der Waals surface area contributed by atoms with Gasteiger partial charge in [-0.05, 0) is 42.3 Å². The van der Waals surface area contributed by atoms with Crippen LogP contribution in [0, 0.1) is 0 Å². The fourth-order valence-corrected chi connectivity index (χ4v) is 2.38. The van der Waals surface area contributed by atoms with Gasteiger partial charge < -0.3 is 14.8 Å². The number of aliphatic hydroxyl groups excluding tert-OH is 1. The number of rotatable bonds is 6. The van der Waals surface area contributed by atoms with E-state index in [-0.39, 0.29) is 0 Å². The van der Waals surface area contributed by atoms with Crippen molar-refractivity contribution in [1.29, 1.82) is 0 Å². The van der Waals surface area contributed by atoms with Gasteiger partial charge in [0.25, 0.3) is 0 Å². The fraction of sp³-hybridized carbons (Fsp3) is 0.211. The van der Waals surface area contributed by atoms with E-state index in [4.69, 9.17) is 4.42 Å². The second-order valence-electron chi connectivity index (χ2n) is 5.52. The van der Waals surface area contributed by atoms with E-state index in [0.29, 0.717) is 6.54 Å². The van der Waals surface area contributed by atoms with Crippen LogP contribution in [-0.4, -0.2) is 10.1 Å². The van der Waals surface area contributed by atoms with E-state index >= 15 is 0 Å². The Kier molecular flexibility index (Phi) is 4.86. The molecule has 2 aromatic heterocycles. The lowest BCUT2D eigenvalue weighted by Crippen LogP contribution is -2.11. The van der Waals surface area contributed by atoms with Crippen molar-refractivity contribution in [2.24, 2.45) is 0 Å². The molecule has 0 unspecified atom stereocenters. The van der Waals surface area contributed by atoms with Crippen molar-refractivity contribution in [2.45, 2.75) is 26.1 Å². The summed E-state index contributed by atoms with van der Waals surface area (Å²) in [5.41, 5.74) is 3.11. The number of furan rings is 1. The predicted molar refractivity (Wildman–Crippen MR) is 89.6 cm³/mol. The van der Waals surface area contributed by atoms with Crippen molar-refractivity contribution < 1.29 is 9.52 Å². The first-order valence-corrected chi connectivity index (χ1v) is 7.69. The summed E-state index contributed by atoms with van der Waals surface area (Å²) in [5.74, 6) is 1.73. The van der Waals surface area contributed by atoms with E-state index in [1.807, 2.05) is 48.5 Å². The third kappa shape index (κ3) is 4.06. The fourth-order valence-electron chi connectivity index (χ4n) is 2.38. The monoisotopic (exact) mass is 308 g/mol. The summed E-state index contributed by atoms with van der Waals surface area (Å²) in [6, 6.07) is 15.7. The van der Waals surface area contributed by atoms with Gasteiger partial charge in [0.2, 0.25) is 0 Å².